The van der Waals surface area contributed by atoms with Gasteiger partial charge in [-0.1, -0.05) is 41.9 Å². The molecule has 24 heavy (non-hydrogen) atoms. The number of ether oxygens (including phenoxy) is 1. The van der Waals surface area contributed by atoms with Crippen molar-refractivity contribution in [1.82, 2.24) is 10.6 Å². The van der Waals surface area contributed by atoms with Gasteiger partial charge in [0.15, 0.2) is 0 Å². The number of aryl methyl sites for hydroxylation is 2. The molecule has 2 N–H and O–H groups in total. The van der Waals surface area contributed by atoms with Crippen LogP contribution in [-0.4, -0.2) is 25.7 Å². The van der Waals surface area contributed by atoms with Gasteiger partial charge in [0, 0.05) is 11.6 Å². The minimum absolute atomic E-state index is 0.168. The van der Waals surface area contributed by atoms with Gasteiger partial charge in [-0.25, -0.2) is 4.79 Å². The molecule has 0 aromatic heterocycles. The van der Waals surface area contributed by atoms with Crippen molar-refractivity contribution in [2.24, 2.45) is 0 Å². The van der Waals surface area contributed by atoms with E-state index < -0.39 is 0 Å². The largest absolute Gasteiger partial charge is 0.492 e. The molecule has 0 aliphatic carbocycles. The normalized spacial score (nSPS) is 10.2. The molecular formula is C19H23ClN2O2. The lowest BCUT2D eigenvalue weighted by molar-refractivity contribution is 0.236. The zero-order valence-electron chi connectivity index (χ0n) is 13.8. The third-order valence-electron chi connectivity index (χ3n) is 3.56. The highest BCUT2D eigenvalue weighted by molar-refractivity contribution is 6.31. The summed E-state index contributed by atoms with van der Waals surface area (Å²) < 4.78 is 5.57. The number of carbonyl (C=O) groups excluding carboxylic acids is 1. The van der Waals surface area contributed by atoms with Gasteiger partial charge in [-0.3, -0.25) is 0 Å². The first kappa shape index (κ1) is 18.1. The number of nitrogens with one attached hydrogen (secondary N) is 2. The molecule has 0 aliphatic heterocycles. The number of urea groups is 1. The number of benzene rings is 2. The fourth-order valence-corrected chi connectivity index (χ4v) is 2.36. The first-order valence-electron chi connectivity index (χ1n) is 8.10. The van der Waals surface area contributed by atoms with Crippen molar-refractivity contribution >= 4 is 17.6 Å². The van der Waals surface area contributed by atoms with E-state index in [0.717, 1.165) is 29.2 Å². The van der Waals surface area contributed by atoms with Gasteiger partial charge >= 0.3 is 6.03 Å². The molecule has 0 saturated carbocycles. The van der Waals surface area contributed by atoms with Crippen LogP contribution >= 0.6 is 11.6 Å². The van der Waals surface area contributed by atoms with Crippen LogP contribution in [0, 0.1) is 6.92 Å². The molecule has 0 unspecified atom stereocenters. The van der Waals surface area contributed by atoms with Crippen LogP contribution in [0.5, 0.6) is 5.75 Å². The van der Waals surface area contributed by atoms with Gasteiger partial charge in [0.25, 0.3) is 0 Å². The van der Waals surface area contributed by atoms with Crippen molar-refractivity contribution in [3.05, 3.63) is 64.7 Å². The Morgan fingerprint density at radius 2 is 1.83 bits per heavy atom. The van der Waals surface area contributed by atoms with E-state index in [2.05, 4.69) is 22.8 Å². The molecule has 128 valence electrons. The zero-order chi connectivity index (χ0) is 17.2. The molecule has 4 nitrogen and oxygen atoms in total. The Hall–Kier alpha value is -2.20. The Morgan fingerprint density at radius 1 is 1.08 bits per heavy atom. The topological polar surface area (TPSA) is 50.4 Å². The number of hydrogen-bond donors (Lipinski definition) is 2. The lowest BCUT2D eigenvalue weighted by Gasteiger charge is -2.10. The molecule has 2 aromatic rings. The molecule has 2 rings (SSSR count). The summed E-state index contributed by atoms with van der Waals surface area (Å²) in [6, 6.07) is 15.6. The highest BCUT2D eigenvalue weighted by atomic mass is 35.5. The van der Waals surface area contributed by atoms with Gasteiger partial charge in [0.05, 0.1) is 6.54 Å². The van der Waals surface area contributed by atoms with Crippen LogP contribution in [0.2, 0.25) is 5.02 Å². The summed E-state index contributed by atoms with van der Waals surface area (Å²) in [6.07, 6.45) is 1.87. The van der Waals surface area contributed by atoms with Crippen molar-refractivity contribution in [2.75, 3.05) is 19.7 Å². The third kappa shape index (κ3) is 6.50. The van der Waals surface area contributed by atoms with Crippen molar-refractivity contribution in [3.63, 3.8) is 0 Å². The second kappa shape index (κ2) is 9.83. The molecule has 5 heteroatoms. The van der Waals surface area contributed by atoms with E-state index in [1.54, 1.807) is 6.07 Å². The Balaban J connectivity index is 1.54. The molecule has 0 radical (unpaired) electrons. The van der Waals surface area contributed by atoms with Crippen LogP contribution < -0.4 is 15.4 Å². The molecule has 2 amide bonds. The van der Waals surface area contributed by atoms with Crippen LogP contribution in [0.1, 0.15) is 17.5 Å². The summed E-state index contributed by atoms with van der Waals surface area (Å²) >= 11 is 5.96. The van der Waals surface area contributed by atoms with Crippen LogP contribution in [-0.2, 0) is 6.42 Å². The third-order valence-corrected chi connectivity index (χ3v) is 3.98. The number of amides is 2. The highest BCUT2D eigenvalue weighted by Gasteiger charge is 2.01. The number of hydrogen-bond acceptors (Lipinski definition) is 2. The fourth-order valence-electron chi connectivity index (χ4n) is 2.24. The average Bonchev–Trinajstić information content (AvgIpc) is 2.59. The monoisotopic (exact) mass is 346 g/mol. The first-order valence-corrected chi connectivity index (χ1v) is 8.47. The van der Waals surface area contributed by atoms with E-state index in [4.69, 9.17) is 16.3 Å². The van der Waals surface area contributed by atoms with Crippen LogP contribution in [0.3, 0.4) is 0 Å². The second-order valence-corrected chi connectivity index (χ2v) is 5.94. The molecule has 0 aliphatic rings. The molecule has 0 heterocycles. The molecular weight excluding hydrogens is 324 g/mol. The predicted molar refractivity (Wildman–Crippen MR) is 97.8 cm³/mol. The fraction of sp³-hybridized carbons (Fsp3) is 0.316. The lowest BCUT2D eigenvalue weighted by Crippen LogP contribution is -2.38. The van der Waals surface area contributed by atoms with Gasteiger partial charge in [0.2, 0.25) is 0 Å². The van der Waals surface area contributed by atoms with Crippen molar-refractivity contribution in [2.45, 2.75) is 19.8 Å². The van der Waals surface area contributed by atoms with E-state index >= 15 is 0 Å². The van der Waals surface area contributed by atoms with E-state index in [9.17, 15) is 4.79 Å². The summed E-state index contributed by atoms with van der Waals surface area (Å²) in [6.45, 7) is 3.44. The van der Waals surface area contributed by atoms with E-state index in [-0.39, 0.29) is 6.03 Å². The first-order chi connectivity index (χ1) is 11.6. The predicted octanol–water partition coefficient (Wildman–Crippen LogP) is 3.96. The van der Waals surface area contributed by atoms with Gasteiger partial charge in [0.1, 0.15) is 12.4 Å². The molecule has 2 aromatic carbocycles. The molecule has 0 atom stereocenters. The standard InChI is InChI=1S/C19H23ClN2O2/c1-15-14-17(9-10-18(15)20)24-13-12-22-19(23)21-11-5-8-16-6-3-2-4-7-16/h2-4,6-7,9-10,14H,5,8,11-13H2,1H3,(H2,21,22,23). The van der Waals surface area contributed by atoms with E-state index in [1.165, 1.54) is 5.56 Å². The van der Waals surface area contributed by atoms with Crippen molar-refractivity contribution in [1.29, 1.82) is 0 Å². The number of carbonyl (C=O) groups is 1. The lowest BCUT2D eigenvalue weighted by atomic mass is 10.1. The summed E-state index contributed by atoms with van der Waals surface area (Å²) in [4.78, 5) is 11.7. The Labute approximate surface area is 148 Å². The maximum absolute atomic E-state index is 11.7. The Bertz CT molecular complexity index is 647. The van der Waals surface area contributed by atoms with Gasteiger partial charge in [-0.2, -0.15) is 0 Å². The second-order valence-electron chi connectivity index (χ2n) is 5.53. The van der Waals surface area contributed by atoms with Gasteiger partial charge in [-0.15, -0.1) is 0 Å². The molecule has 0 bridgehead atoms. The quantitative estimate of drug-likeness (QED) is 0.711. The van der Waals surface area contributed by atoms with Crippen molar-refractivity contribution in [3.8, 4) is 5.75 Å². The summed E-state index contributed by atoms with van der Waals surface area (Å²) in [5.74, 6) is 0.752. The Kier molecular flexibility index (Phi) is 7.43. The summed E-state index contributed by atoms with van der Waals surface area (Å²) in [5, 5.41) is 6.34. The summed E-state index contributed by atoms with van der Waals surface area (Å²) in [7, 11) is 0. The van der Waals surface area contributed by atoms with Gasteiger partial charge in [-0.05, 0) is 49.1 Å². The van der Waals surface area contributed by atoms with Crippen molar-refractivity contribution < 1.29 is 9.53 Å². The van der Waals surface area contributed by atoms with Crippen LogP contribution in [0.15, 0.2) is 48.5 Å². The summed E-state index contributed by atoms with van der Waals surface area (Å²) in [5.41, 5.74) is 2.25. The smallest absolute Gasteiger partial charge is 0.314 e. The Morgan fingerprint density at radius 3 is 2.58 bits per heavy atom. The molecule has 0 spiro atoms. The average molecular weight is 347 g/mol. The van der Waals surface area contributed by atoms with Crippen LogP contribution in [0.4, 0.5) is 4.79 Å². The van der Waals surface area contributed by atoms with Gasteiger partial charge < -0.3 is 15.4 Å². The maximum atomic E-state index is 11.7. The SMILES string of the molecule is Cc1cc(OCCNC(=O)NCCCc2ccccc2)ccc1Cl. The minimum Gasteiger partial charge on any atom is -0.492 e. The minimum atomic E-state index is -0.168. The van der Waals surface area contributed by atoms with Crippen LogP contribution in [0.25, 0.3) is 0 Å². The highest BCUT2D eigenvalue weighted by Crippen LogP contribution is 2.20. The zero-order valence-corrected chi connectivity index (χ0v) is 14.6. The maximum Gasteiger partial charge on any atom is 0.314 e. The molecule has 0 saturated heterocycles. The molecule has 0 fully saturated rings. The number of halogens is 1. The number of rotatable bonds is 8. The van der Waals surface area contributed by atoms with E-state index in [0.29, 0.717) is 19.7 Å². The van der Waals surface area contributed by atoms with E-state index in [1.807, 2.05) is 37.3 Å².